The first-order chi connectivity index (χ1) is 7.11. The third kappa shape index (κ3) is 1.70. The number of nitro benzene ring substituents is 1. The number of nitro groups is 1. The Morgan fingerprint density at radius 1 is 1.60 bits per heavy atom. The van der Waals surface area contributed by atoms with E-state index in [0.29, 0.717) is 6.42 Å². The number of hydrogen-bond acceptors (Lipinski definition) is 3. The zero-order chi connectivity index (χ0) is 11.0. The normalized spacial score (nSPS) is 19.7. The van der Waals surface area contributed by atoms with E-state index in [9.17, 15) is 10.1 Å². The van der Waals surface area contributed by atoms with Crippen LogP contribution in [0.3, 0.4) is 0 Å². The molecule has 4 nitrogen and oxygen atoms in total. The average molecular weight is 227 g/mol. The van der Waals surface area contributed by atoms with Crippen molar-refractivity contribution >= 4 is 17.3 Å². The lowest BCUT2D eigenvalue weighted by Gasteiger charge is -2.23. The molecule has 15 heavy (non-hydrogen) atoms. The van der Waals surface area contributed by atoms with Gasteiger partial charge in [0.1, 0.15) is 5.02 Å². The zero-order valence-corrected chi connectivity index (χ0v) is 9.04. The standard InChI is InChI=1S/C10H11ClN2O2/c1-6-7-2-3-9(11)10(13(14)15)8(7)4-5-12-6/h2-3,6,12H,4-5H2,1H3. The molecular formula is C10H11ClN2O2. The summed E-state index contributed by atoms with van der Waals surface area (Å²) in [5.41, 5.74) is 1.83. The molecule has 1 heterocycles. The molecule has 1 atom stereocenters. The van der Waals surface area contributed by atoms with Crippen molar-refractivity contribution in [2.24, 2.45) is 0 Å². The molecule has 0 fully saturated rings. The fourth-order valence-electron chi connectivity index (χ4n) is 2.01. The molecule has 1 unspecified atom stereocenters. The van der Waals surface area contributed by atoms with Gasteiger partial charge in [0.15, 0.2) is 0 Å². The average Bonchev–Trinajstić information content (AvgIpc) is 2.17. The second-order valence-corrected chi connectivity index (χ2v) is 4.05. The molecular weight excluding hydrogens is 216 g/mol. The Bertz CT molecular complexity index is 420. The van der Waals surface area contributed by atoms with E-state index in [2.05, 4.69) is 5.32 Å². The van der Waals surface area contributed by atoms with Gasteiger partial charge in [-0.1, -0.05) is 17.7 Å². The Hall–Kier alpha value is -1.13. The maximum absolute atomic E-state index is 10.9. The minimum Gasteiger partial charge on any atom is -0.310 e. The fraction of sp³-hybridized carbons (Fsp3) is 0.400. The molecule has 1 N–H and O–H groups in total. The van der Waals surface area contributed by atoms with E-state index < -0.39 is 0 Å². The lowest BCUT2D eigenvalue weighted by Crippen LogP contribution is -2.28. The lowest BCUT2D eigenvalue weighted by atomic mass is 9.94. The molecule has 5 heteroatoms. The first-order valence-corrected chi connectivity index (χ1v) is 5.18. The molecule has 0 saturated heterocycles. The Morgan fingerprint density at radius 2 is 2.33 bits per heavy atom. The number of benzene rings is 1. The van der Waals surface area contributed by atoms with Crippen LogP contribution < -0.4 is 5.32 Å². The van der Waals surface area contributed by atoms with Gasteiger partial charge >= 0.3 is 0 Å². The second kappa shape index (κ2) is 3.79. The first kappa shape index (κ1) is 10.4. The van der Waals surface area contributed by atoms with E-state index in [1.807, 2.05) is 13.0 Å². The van der Waals surface area contributed by atoms with Gasteiger partial charge in [-0.2, -0.15) is 0 Å². The Morgan fingerprint density at radius 3 is 3.00 bits per heavy atom. The molecule has 0 aliphatic carbocycles. The smallest absolute Gasteiger partial charge is 0.291 e. The second-order valence-electron chi connectivity index (χ2n) is 3.65. The largest absolute Gasteiger partial charge is 0.310 e. The van der Waals surface area contributed by atoms with Gasteiger partial charge in [-0.15, -0.1) is 0 Å². The van der Waals surface area contributed by atoms with E-state index in [-0.39, 0.29) is 21.7 Å². The Labute approximate surface area is 92.4 Å². The van der Waals surface area contributed by atoms with Crippen molar-refractivity contribution in [1.82, 2.24) is 5.32 Å². The van der Waals surface area contributed by atoms with E-state index in [1.165, 1.54) is 0 Å². The van der Waals surface area contributed by atoms with E-state index in [0.717, 1.165) is 17.7 Å². The molecule has 1 aliphatic rings. The van der Waals surface area contributed by atoms with Crippen molar-refractivity contribution in [3.8, 4) is 0 Å². The minimum atomic E-state index is -0.390. The van der Waals surface area contributed by atoms with Gasteiger partial charge in [-0.3, -0.25) is 10.1 Å². The SMILES string of the molecule is CC1NCCc2c1ccc(Cl)c2[N+](=O)[O-]. The quantitative estimate of drug-likeness (QED) is 0.591. The Kier molecular flexibility index (Phi) is 2.63. The summed E-state index contributed by atoms with van der Waals surface area (Å²) in [6.07, 6.45) is 0.663. The molecule has 1 aromatic carbocycles. The summed E-state index contributed by atoms with van der Waals surface area (Å²) in [6.45, 7) is 2.75. The fourth-order valence-corrected chi connectivity index (χ4v) is 2.26. The number of rotatable bonds is 1. The van der Waals surface area contributed by atoms with Crippen LogP contribution in [0, 0.1) is 10.1 Å². The summed E-state index contributed by atoms with van der Waals surface area (Å²) in [5.74, 6) is 0. The minimum absolute atomic E-state index is 0.0718. The molecule has 0 saturated carbocycles. The maximum atomic E-state index is 10.9. The van der Waals surface area contributed by atoms with Gasteiger partial charge in [-0.05, 0) is 25.0 Å². The number of nitrogens with one attached hydrogen (secondary N) is 1. The van der Waals surface area contributed by atoms with Crippen molar-refractivity contribution in [1.29, 1.82) is 0 Å². The predicted octanol–water partition coefficient (Wildman–Crippen LogP) is 2.45. The van der Waals surface area contributed by atoms with Gasteiger partial charge < -0.3 is 5.32 Å². The van der Waals surface area contributed by atoms with Crippen LogP contribution in [0.2, 0.25) is 5.02 Å². The summed E-state index contributed by atoms with van der Waals surface area (Å²) in [6, 6.07) is 3.62. The number of nitrogens with zero attached hydrogens (tertiary/aromatic N) is 1. The van der Waals surface area contributed by atoms with Crippen LogP contribution in [0.4, 0.5) is 5.69 Å². The molecule has 0 radical (unpaired) electrons. The van der Waals surface area contributed by atoms with Gasteiger partial charge in [0, 0.05) is 18.2 Å². The summed E-state index contributed by atoms with van der Waals surface area (Å²) >= 11 is 5.84. The Balaban J connectivity index is 2.63. The van der Waals surface area contributed by atoms with Gasteiger partial charge in [0.05, 0.1) is 4.92 Å². The van der Waals surface area contributed by atoms with Crippen LogP contribution in [0.25, 0.3) is 0 Å². The van der Waals surface area contributed by atoms with Crippen LogP contribution in [-0.2, 0) is 6.42 Å². The van der Waals surface area contributed by atoms with Crippen LogP contribution in [0.15, 0.2) is 12.1 Å². The first-order valence-electron chi connectivity index (χ1n) is 4.80. The zero-order valence-electron chi connectivity index (χ0n) is 8.29. The van der Waals surface area contributed by atoms with Crippen molar-refractivity contribution in [3.05, 3.63) is 38.4 Å². The van der Waals surface area contributed by atoms with Crippen molar-refractivity contribution in [2.45, 2.75) is 19.4 Å². The molecule has 80 valence electrons. The van der Waals surface area contributed by atoms with Crippen LogP contribution in [0.5, 0.6) is 0 Å². The highest BCUT2D eigenvalue weighted by molar-refractivity contribution is 6.32. The lowest BCUT2D eigenvalue weighted by molar-refractivity contribution is -0.385. The van der Waals surface area contributed by atoms with Crippen molar-refractivity contribution < 1.29 is 4.92 Å². The monoisotopic (exact) mass is 226 g/mol. The summed E-state index contributed by atoms with van der Waals surface area (Å²) in [5, 5.41) is 14.4. The van der Waals surface area contributed by atoms with Crippen LogP contribution >= 0.6 is 11.6 Å². The highest BCUT2D eigenvalue weighted by Crippen LogP contribution is 2.35. The topological polar surface area (TPSA) is 55.2 Å². The molecule has 0 amide bonds. The molecule has 1 aromatic rings. The maximum Gasteiger partial charge on any atom is 0.291 e. The van der Waals surface area contributed by atoms with E-state index in [1.54, 1.807) is 6.07 Å². The van der Waals surface area contributed by atoms with Crippen LogP contribution in [0.1, 0.15) is 24.1 Å². The molecule has 2 rings (SSSR count). The van der Waals surface area contributed by atoms with Gasteiger partial charge in [-0.25, -0.2) is 0 Å². The number of hydrogen-bond donors (Lipinski definition) is 1. The molecule has 0 spiro atoms. The van der Waals surface area contributed by atoms with E-state index >= 15 is 0 Å². The summed E-state index contributed by atoms with van der Waals surface area (Å²) in [7, 11) is 0. The van der Waals surface area contributed by atoms with Crippen LogP contribution in [-0.4, -0.2) is 11.5 Å². The number of fused-ring (bicyclic) bond motifs is 1. The highest BCUT2D eigenvalue weighted by Gasteiger charge is 2.26. The third-order valence-electron chi connectivity index (χ3n) is 2.74. The van der Waals surface area contributed by atoms with Gasteiger partial charge in [0.2, 0.25) is 0 Å². The van der Waals surface area contributed by atoms with Gasteiger partial charge in [0.25, 0.3) is 5.69 Å². The molecule has 0 aromatic heterocycles. The van der Waals surface area contributed by atoms with Crippen molar-refractivity contribution in [2.75, 3.05) is 6.54 Å². The highest BCUT2D eigenvalue weighted by atomic mass is 35.5. The van der Waals surface area contributed by atoms with E-state index in [4.69, 9.17) is 11.6 Å². The number of halogens is 1. The summed E-state index contributed by atoms with van der Waals surface area (Å²) in [4.78, 5) is 10.5. The summed E-state index contributed by atoms with van der Waals surface area (Å²) < 4.78 is 0. The molecule has 0 bridgehead atoms. The third-order valence-corrected chi connectivity index (χ3v) is 3.05. The predicted molar refractivity (Wildman–Crippen MR) is 58.2 cm³/mol. The molecule has 1 aliphatic heterocycles. The van der Waals surface area contributed by atoms with Crippen molar-refractivity contribution in [3.63, 3.8) is 0 Å².